The Hall–Kier alpha value is -1.72. The highest BCUT2D eigenvalue weighted by molar-refractivity contribution is 6.35. The summed E-state index contributed by atoms with van der Waals surface area (Å²) in [6.45, 7) is 0. The maximum absolute atomic E-state index is 10.7. The molecular weight excluding hydrogens is 267 g/mol. The smallest absolute Gasteiger partial charge is 0.360 e. The Bertz CT molecular complexity index is 595. The van der Waals surface area contributed by atoms with Gasteiger partial charge in [-0.3, -0.25) is 0 Å². The van der Waals surface area contributed by atoms with E-state index in [0.29, 0.717) is 15.7 Å². The van der Waals surface area contributed by atoms with Crippen LogP contribution < -0.4 is 0 Å². The molecule has 0 spiro atoms. The third kappa shape index (κ3) is 2.20. The number of carboxylic acids is 1. The molecule has 0 amide bonds. The number of carbonyl (C=O) groups is 1. The lowest BCUT2D eigenvalue weighted by molar-refractivity contribution is 0.0687. The van der Waals surface area contributed by atoms with Crippen LogP contribution in [0.5, 0.6) is 5.75 Å². The van der Waals surface area contributed by atoms with E-state index in [2.05, 4.69) is 5.10 Å². The number of aromatic carboxylic acids is 1. The second-order valence-electron chi connectivity index (χ2n) is 3.21. The molecule has 17 heavy (non-hydrogen) atoms. The highest BCUT2D eigenvalue weighted by atomic mass is 35.5. The molecule has 7 heteroatoms. The number of aromatic nitrogens is 2. The number of benzene rings is 1. The summed E-state index contributed by atoms with van der Waals surface area (Å²) in [7, 11) is 0. The zero-order valence-electron chi connectivity index (χ0n) is 8.26. The van der Waals surface area contributed by atoms with Crippen molar-refractivity contribution in [2.75, 3.05) is 0 Å². The standard InChI is InChI=1S/C10H6Cl2N2O3/c11-5-1-2-7(6(12)3-5)14-4-8(15)9(13-14)10(16)17/h1-4,15H,(H,16,17). The molecule has 1 heterocycles. The Labute approximate surface area is 106 Å². The van der Waals surface area contributed by atoms with Crippen molar-refractivity contribution in [2.45, 2.75) is 0 Å². The van der Waals surface area contributed by atoms with Gasteiger partial charge in [-0.15, -0.1) is 0 Å². The molecule has 5 nitrogen and oxygen atoms in total. The number of rotatable bonds is 2. The molecule has 0 aliphatic heterocycles. The number of carboxylic acid groups (broad SMARTS) is 1. The third-order valence-electron chi connectivity index (χ3n) is 2.05. The van der Waals surface area contributed by atoms with Crippen LogP contribution in [0.4, 0.5) is 0 Å². The first-order valence-electron chi connectivity index (χ1n) is 4.46. The molecule has 88 valence electrons. The molecule has 0 saturated carbocycles. The van der Waals surface area contributed by atoms with Gasteiger partial charge in [-0.05, 0) is 18.2 Å². The average Bonchev–Trinajstić information content (AvgIpc) is 2.60. The summed E-state index contributed by atoms with van der Waals surface area (Å²) in [4.78, 5) is 10.7. The van der Waals surface area contributed by atoms with Gasteiger partial charge in [-0.1, -0.05) is 23.2 Å². The van der Waals surface area contributed by atoms with Crippen LogP contribution >= 0.6 is 23.2 Å². The first-order chi connectivity index (χ1) is 7.99. The molecule has 0 aliphatic carbocycles. The summed E-state index contributed by atoms with van der Waals surface area (Å²) in [5.74, 6) is -1.74. The average molecular weight is 273 g/mol. The van der Waals surface area contributed by atoms with Gasteiger partial charge < -0.3 is 10.2 Å². The predicted molar refractivity (Wildman–Crippen MR) is 62.2 cm³/mol. The molecule has 0 fully saturated rings. The highest BCUT2D eigenvalue weighted by Crippen LogP contribution is 2.26. The van der Waals surface area contributed by atoms with Gasteiger partial charge in [0.1, 0.15) is 0 Å². The SMILES string of the molecule is O=C(O)c1nn(-c2ccc(Cl)cc2Cl)cc1O. The van der Waals surface area contributed by atoms with Crippen LogP contribution in [0.3, 0.4) is 0 Å². The lowest BCUT2D eigenvalue weighted by atomic mass is 10.3. The van der Waals surface area contributed by atoms with Crippen molar-refractivity contribution in [3.05, 3.63) is 40.1 Å². The minimum atomic E-state index is -1.31. The zero-order valence-corrected chi connectivity index (χ0v) is 9.77. The summed E-state index contributed by atoms with van der Waals surface area (Å²) in [6, 6.07) is 4.66. The fraction of sp³-hybridized carbons (Fsp3) is 0. The van der Waals surface area contributed by atoms with E-state index in [4.69, 9.17) is 28.3 Å². The van der Waals surface area contributed by atoms with Crippen LogP contribution in [-0.2, 0) is 0 Å². The maximum Gasteiger partial charge on any atom is 0.360 e. The van der Waals surface area contributed by atoms with E-state index in [1.807, 2.05) is 0 Å². The molecule has 2 rings (SSSR count). The van der Waals surface area contributed by atoms with E-state index < -0.39 is 17.4 Å². The van der Waals surface area contributed by atoms with Crippen molar-refractivity contribution in [2.24, 2.45) is 0 Å². The van der Waals surface area contributed by atoms with Crippen molar-refractivity contribution in [3.8, 4) is 11.4 Å². The summed E-state index contributed by atoms with van der Waals surface area (Å²) < 4.78 is 1.18. The van der Waals surface area contributed by atoms with Gasteiger partial charge in [0, 0.05) is 5.02 Å². The Kier molecular flexibility index (Phi) is 2.95. The fourth-order valence-corrected chi connectivity index (χ4v) is 1.80. The van der Waals surface area contributed by atoms with Crippen LogP contribution in [0.1, 0.15) is 10.5 Å². The molecule has 0 saturated heterocycles. The lowest BCUT2D eigenvalue weighted by Gasteiger charge is -2.03. The Balaban J connectivity index is 2.53. The van der Waals surface area contributed by atoms with E-state index in [0.717, 1.165) is 0 Å². The Morgan fingerprint density at radius 3 is 2.59 bits per heavy atom. The van der Waals surface area contributed by atoms with Crippen LogP contribution in [0.25, 0.3) is 5.69 Å². The van der Waals surface area contributed by atoms with Crippen molar-refractivity contribution in [1.29, 1.82) is 0 Å². The number of aromatic hydroxyl groups is 1. The quantitative estimate of drug-likeness (QED) is 0.881. The van der Waals surface area contributed by atoms with Gasteiger partial charge in [-0.2, -0.15) is 5.10 Å². The normalized spacial score (nSPS) is 10.5. The van der Waals surface area contributed by atoms with Crippen molar-refractivity contribution < 1.29 is 15.0 Å². The first kappa shape index (κ1) is 11.8. The second-order valence-corrected chi connectivity index (χ2v) is 4.05. The molecule has 0 atom stereocenters. The van der Waals surface area contributed by atoms with E-state index in [9.17, 15) is 9.90 Å². The van der Waals surface area contributed by atoms with Crippen LogP contribution in [-0.4, -0.2) is 26.0 Å². The number of halogens is 2. The summed E-state index contributed by atoms with van der Waals surface area (Å²) in [6.07, 6.45) is 1.17. The molecule has 0 bridgehead atoms. The predicted octanol–water partition coefficient (Wildman–Crippen LogP) is 2.58. The lowest BCUT2D eigenvalue weighted by Crippen LogP contribution is -2.01. The van der Waals surface area contributed by atoms with Crippen molar-refractivity contribution in [1.82, 2.24) is 9.78 Å². The van der Waals surface area contributed by atoms with Gasteiger partial charge in [0.2, 0.25) is 5.69 Å². The maximum atomic E-state index is 10.7. The molecule has 2 N–H and O–H groups in total. The molecule has 0 aliphatic rings. The van der Waals surface area contributed by atoms with E-state index in [-0.39, 0.29) is 0 Å². The number of hydrogen-bond acceptors (Lipinski definition) is 3. The van der Waals surface area contributed by atoms with Crippen LogP contribution in [0.2, 0.25) is 10.0 Å². The topological polar surface area (TPSA) is 75.3 Å². The van der Waals surface area contributed by atoms with Crippen molar-refractivity contribution >= 4 is 29.2 Å². The molecule has 1 aromatic carbocycles. The van der Waals surface area contributed by atoms with Crippen LogP contribution in [0.15, 0.2) is 24.4 Å². The number of hydrogen-bond donors (Lipinski definition) is 2. The highest BCUT2D eigenvalue weighted by Gasteiger charge is 2.16. The molecule has 1 aromatic heterocycles. The van der Waals surface area contributed by atoms with E-state index in [1.54, 1.807) is 12.1 Å². The summed E-state index contributed by atoms with van der Waals surface area (Å²) >= 11 is 11.7. The third-order valence-corrected chi connectivity index (χ3v) is 2.59. The van der Waals surface area contributed by atoms with Gasteiger partial charge in [0.15, 0.2) is 5.75 Å². The molecule has 2 aromatic rings. The second kappa shape index (κ2) is 4.27. The summed E-state index contributed by atoms with van der Waals surface area (Å²) in [5.41, 5.74) is -0.00474. The van der Waals surface area contributed by atoms with E-state index >= 15 is 0 Å². The minimum absolute atomic E-state index is 0.303. The largest absolute Gasteiger partial charge is 0.504 e. The van der Waals surface area contributed by atoms with Crippen LogP contribution in [0, 0.1) is 0 Å². The van der Waals surface area contributed by atoms with E-state index in [1.165, 1.54) is 16.9 Å². The molecular formula is C10H6Cl2N2O3. The van der Waals surface area contributed by atoms with Gasteiger partial charge in [0.25, 0.3) is 0 Å². The number of nitrogens with zero attached hydrogens (tertiary/aromatic N) is 2. The Morgan fingerprint density at radius 2 is 2.06 bits per heavy atom. The van der Waals surface area contributed by atoms with Gasteiger partial charge in [0.05, 0.1) is 16.9 Å². The van der Waals surface area contributed by atoms with Crippen molar-refractivity contribution in [3.63, 3.8) is 0 Å². The minimum Gasteiger partial charge on any atom is -0.504 e. The fourth-order valence-electron chi connectivity index (χ4n) is 1.31. The molecule has 0 radical (unpaired) electrons. The molecule has 0 unspecified atom stereocenters. The van der Waals surface area contributed by atoms with Gasteiger partial charge in [-0.25, -0.2) is 9.48 Å². The monoisotopic (exact) mass is 272 g/mol. The zero-order chi connectivity index (χ0) is 12.6. The summed E-state index contributed by atoms with van der Waals surface area (Å²) in [5, 5.41) is 22.6. The van der Waals surface area contributed by atoms with Gasteiger partial charge >= 0.3 is 5.97 Å². The Morgan fingerprint density at radius 1 is 1.35 bits per heavy atom. The first-order valence-corrected chi connectivity index (χ1v) is 5.22.